The fraction of sp³-hybridized carbons (Fsp3) is 1.00. The minimum absolute atomic E-state index is 0.216. The van der Waals surface area contributed by atoms with Crippen molar-refractivity contribution in [2.75, 3.05) is 26.2 Å². The zero-order chi connectivity index (χ0) is 12.3. The fourth-order valence-electron chi connectivity index (χ4n) is 2.97. The topological polar surface area (TPSA) is 15.3 Å². The van der Waals surface area contributed by atoms with Crippen LogP contribution in [-0.2, 0) is 0 Å². The molecule has 0 aromatic carbocycles. The summed E-state index contributed by atoms with van der Waals surface area (Å²) in [5.74, 6) is -1.10. The molecule has 2 rings (SSSR count). The molecule has 0 radical (unpaired) electrons. The molecule has 1 N–H and O–H groups in total. The fourth-order valence-corrected chi connectivity index (χ4v) is 2.97. The largest absolute Gasteiger partial charge is 0.393 e. The summed E-state index contributed by atoms with van der Waals surface area (Å²) < 4.78 is 38.2. The predicted molar refractivity (Wildman–Crippen MR) is 60.9 cm³/mol. The van der Waals surface area contributed by atoms with Gasteiger partial charge < -0.3 is 5.32 Å². The maximum atomic E-state index is 12.7. The van der Waals surface area contributed by atoms with Crippen molar-refractivity contribution in [1.82, 2.24) is 10.2 Å². The van der Waals surface area contributed by atoms with Gasteiger partial charge in [-0.05, 0) is 51.7 Å². The van der Waals surface area contributed by atoms with Crippen LogP contribution in [0.15, 0.2) is 0 Å². The van der Waals surface area contributed by atoms with E-state index in [0.29, 0.717) is 18.9 Å². The molecule has 0 spiro atoms. The van der Waals surface area contributed by atoms with Crippen molar-refractivity contribution >= 4 is 0 Å². The molecule has 2 aliphatic rings. The first-order valence-corrected chi connectivity index (χ1v) is 6.59. The first kappa shape index (κ1) is 13.1. The van der Waals surface area contributed by atoms with Crippen molar-refractivity contribution < 1.29 is 13.2 Å². The molecule has 2 atom stereocenters. The molecular weight excluding hydrogens is 229 g/mol. The van der Waals surface area contributed by atoms with E-state index in [1.165, 1.54) is 0 Å². The first-order valence-electron chi connectivity index (χ1n) is 6.59. The predicted octanol–water partition coefficient (Wildman–Crippen LogP) is 2.40. The second kappa shape index (κ2) is 5.57. The van der Waals surface area contributed by atoms with Gasteiger partial charge in [-0.3, -0.25) is 4.90 Å². The highest BCUT2D eigenvalue weighted by atomic mass is 19.4. The van der Waals surface area contributed by atoms with Crippen molar-refractivity contribution in [1.29, 1.82) is 0 Å². The third-order valence-electron chi connectivity index (χ3n) is 3.98. The van der Waals surface area contributed by atoms with Crippen molar-refractivity contribution in [3.63, 3.8) is 0 Å². The van der Waals surface area contributed by atoms with Gasteiger partial charge in [0, 0.05) is 12.6 Å². The van der Waals surface area contributed by atoms with Crippen LogP contribution in [0.25, 0.3) is 0 Å². The second-order valence-corrected chi connectivity index (χ2v) is 5.21. The van der Waals surface area contributed by atoms with Crippen LogP contribution in [0.1, 0.15) is 32.1 Å². The first-order chi connectivity index (χ1) is 8.07. The van der Waals surface area contributed by atoms with Gasteiger partial charge in [-0.2, -0.15) is 13.2 Å². The number of nitrogens with one attached hydrogen (secondary N) is 1. The number of halogens is 3. The molecule has 0 aromatic rings. The number of likely N-dealkylation sites (tertiary alicyclic amines) is 1. The molecule has 100 valence electrons. The van der Waals surface area contributed by atoms with E-state index in [9.17, 15) is 13.2 Å². The molecule has 17 heavy (non-hydrogen) atoms. The molecule has 0 aromatic heterocycles. The minimum atomic E-state index is -4.01. The molecule has 2 saturated heterocycles. The summed E-state index contributed by atoms with van der Waals surface area (Å²) in [7, 11) is 0. The van der Waals surface area contributed by atoms with E-state index in [1.807, 2.05) is 0 Å². The van der Waals surface area contributed by atoms with Gasteiger partial charge in [-0.15, -0.1) is 0 Å². The van der Waals surface area contributed by atoms with Gasteiger partial charge in [-0.25, -0.2) is 0 Å². The van der Waals surface area contributed by atoms with Crippen molar-refractivity contribution in [2.24, 2.45) is 5.92 Å². The van der Waals surface area contributed by atoms with Crippen molar-refractivity contribution in [2.45, 2.75) is 44.3 Å². The Morgan fingerprint density at radius 1 is 1.00 bits per heavy atom. The van der Waals surface area contributed by atoms with Gasteiger partial charge in [0.05, 0.1) is 5.92 Å². The Bertz CT molecular complexity index is 234. The lowest BCUT2D eigenvalue weighted by Crippen LogP contribution is -2.46. The zero-order valence-electron chi connectivity index (χ0n) is 10.1. The summed E-state index contributed by atoms with van der Waals surface area (Å²) in [6.07, 6.45) is 0.0979. The Kier molecular flexibility index (Phi) is 4.31. The van der Waals surface area contributed by atoms with Crippen LogP contribution in [-0.4, -0.2) is 43.3 Å². The van der Waals surface area contributed by atoms with Gasteiger partial charge >= 0.3 is 6.18 Å². The summed E-state index contributed by atoms with van der Waals surface area (Å²) in [6, 6.07) is 0.357. The van der Waals surface area contributed by atoms with Crippen LogP contribution in [0.5, 0.6) is 0 Å². The van der Waals surface area contributed by atoms with Crippen molar-refractivity contribution in [3.8, 4) is 0 Å². The lowest BCUT2D eigenvalue weighted by atomic mass is 9.94. The lowest BCUT2D eigenvalue weighted by Gasteiger charge is -2.38. The number of hydrogen-bond donors (Lipinski definition) is 1. The highest BCUT2D eigenvalue weighted by molar-refractivity contribution is 4.84. The van der Waals surface area contributed by atoms with Gasteiger partial charge in [0.15, 0.2) is 0 Å². The molecular formula is C12H21F3N2. The van der Waals surface area contributed by atoms with Crippen LogP contribution in [0.4, 0.5) is 13.2 Å². The molecule has 2 aliphatic heterocycles. The summed E-state index contributed by atoms with van der Waals surface area (Å²) in [6.45, 7) is 3.01. The molecule has 0 saturated carbocycles. The number of alkyl halides is 3. The van der Waals surface area contributed by atoms with Gasteiger partial charge in [0.25, 0.3) is 0 Å². The summed E-state index contributed by atoms with van der Waals surface area (Å²) in [4.78, 5) is 2.08. The molecule has 0 bridgehead atoms. The van der Waals surface area contributed by atoms with E-state index in [4.69, 9.17) is 0 Å². The molecule has 0 aliphatic carbocycles. The lowest BCUT2D eigenvalue weighted by molar-refractivity contribution is -0.188. The molecule has 2 unspecified atom stereocenters. The number of nitrogens with zero attached hydrogens (tertiary/aromatic N) is 1. The number of rotatable bonds is 1. The van der Waals surface area contributed by atoms with Crippen LogP contribution in [0.3, 0.4) is 0 Å². The van der Waals surface area contributed by atoms with Crippen LogP contribution in [0.2, 0.25) is 0 Å². The van der Waals surface area contributed by atoms with Crippen molar-refractivity contribution in [3.05, 3.63) is 0 Å². The van der Waals surface area contributed by atoms with Gasteiger partial charge in [0.2, 0.25) is 0 Å². The van der Waals surface area contributed by atoms with Gasteiger partial charge in [-0.1, -0.05) is 0 Å². The van der Waals surface area contributed by atoms with E-state index >= 15 is 0 Å². The Labute approximate surface area is 101 Å². The quantitative estimate of drug-likeness (QED) is 0.768. The van der Waals surface area contributed by atoms with E-state index in [0.717, 1.165) is 38.9 Å². The molecule has 2 nitrogen and oxygen atoms in total. The van der Waals surface area contributed by atoms with E-state index in [-0.39, 0.29) is 6.54 Å². The number of hydrogen-bond acceptors (Lipinski definition) is 2. The SMILES string of the molecule is FC(F)(F)C1CCCN(C2CCCNCC2)C1. The molecule has 0 amide bonds. The summed E-state index contributed by atoms with van der Waals surface area (Å²) in [5, 5.41) is 3.31. The maximum Gasteiger partial charge on any atom is 0.393 e. The maximum absolute atomic E-state index is 12.7. The third-order valence-corrected chi connectivity index (χ3v) is 3.98. The zero-order valence-corrected chi connectivity index (χ0v) is 10.1. The normalized spacial score (nSPS) is 33.4. The second-order valence-electron chi connectivity index (χ2n) is 5.21. The van der Waals surface area contributed by atoms with E-state index < -0.39 is 12.1 Å². The average Bonchev–Trinajstić information content (AvgIpc) is 2.56. The van der Waals surface area contributed by atoms with Crippen LogP contribution < -0.4 is 5.32 Å². The number of piperidine rings is 1. The smallest absolute Gasteiger partial charge is 0.317 e. The highest BCUT2D eigenvalue weighted by Crippen LogP contribution is 2.34. The Hall–Kier alpha value is -0.290. The van der Waals surface area contributed by atoms with Crippen LogP contribution >= 0.6 is 0 Å². The minimum Gasteiger partial charge on any atom is -0.317 e. The Morgan fingerprint density at radius 2 is 1.82 bits per heavy atom. The van der Waals surface area contributed by atoms with Gasteiger partial charge in [0.1, 0.15) is 0 Å². The van der Waals surface area contributed by atoms with Crippen LogP contribution in [0, 0.1) is 5.92 Å². The molecule has 2 heterocycles. The Morgan fingerprint density at radius 3 is 2.59 bits per heavy atom. The standard InChI is InChI=1S/C12H21F3N2/c13-12(14,15)10-3-2-8-17(9-10)11-4-1-6-16-7-5-11/h10-11,16H,1-9H2. The van der Waals surface area contributed by atoms with E-state index in [1.54, 1.807) is 0 Å². The monoisotopic (exact) mass is 250 g/mol. The van der Waals surface area contributed by atoms with E-state index in [2.05, 4.69) is 10.2 Å². The highest BCUT2D eigenvalue weighted by Gasteiger charge is 2.42. The molecule has 5 heteroatoms. The molecule has 2 fully saturated rings. The average molecular weight is 250 g/mol. The Balaban J connectivity index is 1.91. The summed E-state index contributed by atoms with van der Waals surface area (Å²) >= 11 is 0. The third kappa shape index (κ3) is 3.58. The summed E-state index contributed by atoms with van der Waals surface area (Å²) in [5.41, 5.74) is 0.